The van der Waals surface area contributed by atoms with Crippen molar-refractivity contribution in [3.05, 3.63) is 82.7 Å². The van der Waals surface area contributed by atoms with Crippen LogP contribution in [0.1, 0.15) is 65.7 Å². The van der Waals surface area contributed by atoms with Gasteiger partial charge < -0.3 is 24.8 Å². The molecule has 2 bridgehead atoms. The minimum Gasteiger partial charge on any atom is -0.477 e. The average Bonchev–Trinajstić information content (AvgIpc) is 3.74. The molecule has 0 spiro atoms. The molecule has 0 aliphatic carbocycles. The number of anilines is 3. The van der Waals surface area contributed by atoms with E-state index >= 15 is 8.78 Å². The van der Waals surface area contributed by atoms with E-state index in [9.17, 15) is 19.2 Å². The number of rotatable bonds is 5. The van der Waals surface area contributed by atoms with Crippen LogP contribution in [-0.4, -0.2) is 107 Å². The summed E-state index contributed by atoms with van der Waals surface area (Å²) in [6, 6.07) is 12.2. The van der Waals surface area contributed by atoms with Crippen molar-refractivity contribution in [1.29, 1.82) is 0 Å². The summed E-state index contributed by atoms with van der Waals surface area (Å²) >= 11 is 0. The smallest absolute Gasteiger partial charge is 0.280 e. The number of piperidine rings is 1. The van der Waals surface area contributed by atoms with Crippen LogP contribution in [0.25, 0.3) is 11.3 Å². The minimum absolute atomic E-state index is 0.0212. The zero-order valence-corrected chi connectivity index (χ0v) is 34.4. The van der Waals surface area contributed by atoms with Crippen molar-refractivity contribution < 1.29 is 32.7 Å². The van der Waals surface area contributed by atoms with Crippen LogP contribution in [0.2, 0.25) is 0 Å². The minimum atomic E-state index is -1.06. The molecule has 0 radical (unpaired) electrons. The van der Waals surface area contributed by atoms with Crippen LogP contribution in [0.3, 0.4) is 0 Å². The predicted molar refractivity (Wildman–Crippen MR) is 223 cm³/mol. The van der Waals surface area contributed by atoms with Crippen LogP contribution in [0, 0.1) is 30.4 Å². The van der Waals surface area contributed by atoms with Crippen LogP contribution in [0.4, 0.5) is 25.8 Å². The standard InChI is InChI=1S/C44H48F2N10O5/c1-25-5-4-14-61-43-32(20-47-52(43)3)36-17-28(15-26(2)48-36)40(58)51-44-49-35-8-6-27(16-37(35)56(44)21-25)22-53-10-12-54(13-11-53)42(60)29-23-55(24-29)30-18-33(45)39(34(46)19-30)31-7-9-38(57)50-41(31)59/h6,8,15-20,25,29,31H,4-5,7,9-14,21-24H2,1-3H3,(H,49,51,58)(H,50,57,59)/t25-,31-/m1/s1. The first-order valence-corrected chi connectivity index (χ1v) is 20.9. The van der Waals surface area contributed by atoms with Gasteiger partial charge >= 0.3 is 0 Å². The molecule has 3 fully saturated rings. The van der Waals surface area contributed by atoms with Crippen LogP contribution < -0.4 is 25.2 Å². The number of hydrogen-bond donors (Lipinski definition) is 2. The van der Waals surface area contributed by atoms with Gasteiger partial charge in [0.05, 0.1) is 47.3 Å². The van der Waals surface area contributed by atoms with Crippen molar-refractivity contribution in [2.75, 3.05) is 67.5 Å². The lowest BCUT2D eigenvalue weighted by atomic mass is 9.89. The molecule has 2 aromatic heterocycles. The van der Waals surface area contributed by atoms with E-state index in [-0.39, 0.29) is 42.1 Å². The van der Waals surface area contributed by atoms with E-state index in [1.54, 1.807) is 27.9 Å². The van der Waals surface area contributed by atoms with Gasteiger partial charge in [0.15, 0.2) is 0 Å². The van der Waals surface area contributed by atoms with Gasteiger partial charge in [0.25, 0.3) is 5.91 Å². The maximum absolute atomic E-state index is 15.2. The number of pyridine rings is 1. The fourth-order valence-corrected chi connectivity index (χ4v) is 8.99. The lowest BCUT2D eigenvalue weighted by Gasteiger charge is -2.44. The molecule has 0 saturated carbocycles. The number of ether oxygens (including phenoxy) is 1. The summed E-state index contributed by atoms with van der Waals surface area (Å²) in [6.45, 7) is 9.06. The number of aryl methyl sites for hydroxylation is 2. The highest BCUT2D eigenvalue weighted by atomic mass is 19.1. The Labute approximate surface area is 351 Å². The molecule has 61 heavy (non-hydrogen) atoms. The topological polar surface area (TPSA) is 158 Å². The molecule has 7 heterocycles. The number of fused-ring (bicyclic) bond motifs is 7. The molecule has 2 atom stereocenters. The van der Waals surface area contributed by atoms with Gasteiger partial charge in [0.2, 0.25) is 29.6 Å². The lowest BCUT2D eigenvalue weighted by Crippen LogP contribution is -2.58. The predicted octanol–water partition coefficient (Wildman–Crippen LogP) is 4.61. The number of carbonyl (C=O) groups excluding carboxylic acids is 4. The Bertz CT molecular complexity index is 2430. The summed E-state index contributed by atoms with van der Waals surface area (Å²) in [4.78, 5) is 68.5. The molecule has 318 valence electrons. The normalized spacial score (nSPS) is 22.1. The molecule has 0 unspecified atom stereocenters. The summed E-state index contributed by atoms with van der Waals surface area (Å²) in [5.74, 6) is -3.18. The van der Waals surface area contributed by atoms with Gasteiger partial charge in [-0.1, -0.05) is 13.0 Å². The third-order valence-electron chi connectivity index (χ3n) is 12.3. The number of benzene rings is 2. The van der Waals surface area contributed by atoms with Crippen molar-refractivity contribution in [2.45, 2.75) is 52.0 Å². The molecule has 2 N–H and O–H groups in total. The third kappa shape index (κ3) is 8.05. The summed E-state index contributed by atoms with van der Waals surface area (Å²) in [5.41, 5.74) is 5.34. The summed E-state index contributed by atoms with van der Waals surface area (Å²) in [5, 5.41) is 9.96. The first kappa shape index (κ1) is 40.2. The SMILES string of the molecule is Cc1cc2cc(n1)-c1cnn(C)c1OCCC[C@@H](C)CN1/C(=N/C2=O)Nc2ccc(CN3CCN(C(=O)C4CN(c5cc(F)c([C@H]6CCC(=O)NC6=O)c(F)c5)C4)CC3)cc21. The molecular weight excluding hydrogens is 787 g/mol. The van der Waals surface area contributed by atoms with Crippen LogP contribution >= 0.6 is 0 Å². The Balaban J connectivity index is 0.831. The van der Waals surface area contributed by atoms with Crippen molar-refractivity contribution in [3.8, 4) is 17.1 Å². The second-order valence-electron chi connectivity index (χ2n) is 16.8. The first-order valence-electron chi connectivity index (χ1n) is 20.9. The monoisotopic (exact) mass is 834 g/mol. The number of amides is 4. The van der Waals surface area contributed by atoms with E-state index in [0.29, 0.717) is 93.4 Å². The van der Waals surface area contributed by atoms with E-state index in [0.717, 1.165) is 35.3 Å². The number of guanidine groups is 1. The number of nitrogens with zero attached hydrogens (tertiary/aromatic N) is 8. The maximum Gasteiger partial charge on any atom is 0.280 e. The number of halogens is 2. The van der Waals surface area contributed by atoms with Gasteiger partial charge in [-0.2, -0.15) is 10.1 Å². The number of nitrogens with one attached hydrogen (secondary N) is 2. The zero-order valence-electron chi connectivity index (χ0n) is 34.4. The largest absolute Gasteiger partial charge is 0.477 e. The summed E-state index contributed by atoms with van der Waals surface area (Å²) < 4.78 is 38.2. The Morgan fingerprint density at radius 1 is 0.951 bits per heavy atom. The fraction of sp³-hybridized carbons (Fsp3) is 0.432. The van der Waals surface area contributed by atoms with Gasteiger partial charge in [-0.05, 0) is 74.1 Å². The van der Waals surface area contributed by atoms with Crippen molar-refractivity contribution >= 4 is 46.7 Å². The number of piperazine rings is 1. The summed E-state index contributed by atoms with van der Waals surface area (Å²) in [6.07, 6.45) is 3.50. The second kappa shape index (κ2) is 16.3. The van der Waals surface area contributed by atoms with Crippen molar-refractivity contribution in [2.24, 2.45) is 23.9 Å². The first-order chi connectivity index (χ1) is 29.4. The number of aliphatic imine (C=N–C) groups is 1. The quantitative estimate of drug-likeness (QED) is 0.271. The number of imide groups is 1. The highest BCUT2D eigenvalue weighted by Gasteiger charge is 2.39. The molecule has 4 aromatic rings. The molecule has 2 aromatic carbocycles. The van der Waals surface area contributed by atoms with E-state index in [1.807, 2.05) is 24.9 Å². The van der Waals surface area contributed by atoms with E-state index in [2.05, 4.69) is 49.6 Å². The second-order valence-corrected chi connectivity index (χ2v) is 16.8. The van der Waals surface area contributed by atoms with Gasteiger partial charge in [-0.25, -0.2) is 13.5 Å². The molecule has 5 aliphatic heterocycles. The number of hydrogen-bond acceptors (Lipinski definition) is 11. The fourth-order valence-electron chi connectivity index (χ4n) is 8.99. The molecule has 5 aliphatic rings. The molecule has 9 rings (SSSR count). The van der Waals surface area contributed by atoms with Crippen LogP contribution in [-0.2, 0) is 28.0 Å². The average molecular weight is 835 g/mol. The Morgan fingerprint density at radius 2 is 1.72 bits per heavy atom. The van der Waals surface area contributed by atoms with Gasteiger partial charge in [-0.3, -0.25) is 34.4 Å². The highest BCUT2D eigenvalue weighted by Crippen LogP contribution is 2.37. The van der Waals surface area contributed by atoms with E-state index in [4.69, 9.17) is 9.72 Å². The van der Waals surface area contributed by atoms with Gasteiger partial charge in [0, 0.05) is 88.3 Å². The Hall–Kier alpha value is -6.23. The maximum atomic E-state index is 15.2. The molecule has 3 saturated heterocycles. The molecule has 15 nitrogen and oxygen atoms in total. The molecular formula is C44H48F2N10O5. The van der Waals surface area contributed by atoms with Gasteiger partial charge in [-0.15, -0.1) is 0 Å². The third-order valence-corrected chi connectivity index (χ3v) is 12.3. The van der Waals surface area contributed by atoms with E-state index in [1.165, 1.54) is 12.1 Å². The van der Waals surface area contributed by atoms with Crippen molar-refractivity contribution in [1.82, 2.24) is 29.9 Å². The molecule has 17 heteroatoms. The Morgan fingerprint density at radius 3 is 2.48 bits per heavy atom. The van der Waals surface area contributed by atoms with Crippen LogP contribution in [0.15, 0.2) is 53.7 Å². The molecule has 4 amide bonds. The Kier molecular flexibility index (Phi) is 10.8. The highest BCUT2D eigenvalue weighted by molar-refractivity contribution is 6.19. The van der Waals surface area contributed by atoms with E-state index < -0.39 is 29.4 Å². The van der Waals surface area contributed by atoms with Gasteiger partial charge in [0.1, 0.15) is 11.6 Å². The zero-order chi connectivity index (χ0) is 42.5. The van der Waals surface area contributed by atoms with Crippen LogP contribution in [0.5, 0.6) is 5.88 Å². The number of carbonyl (C=O) groups is 4. The lowest BCUT2D eigenvalue weighted by molar-refractivity contribution is -0.138. The van der Waals surface area contributed by atoms with Crippen molar-refractivity contribution in [3.63, 3.8) is 0 Å². The number of aromatic nitrogens is 3. The summed E-state index contributed by atoms with van der Waals surface area (Å²) in [7, 11) is 1.83.